The molecule has 1 rings (SSSR count). The molecule has 12 nitrogen and oxygen atoms in total. The van der Waals surface area contributed by atoms with Crippen LogP contribution < -0.4 is 0 Å². The summed E-state index contributed by atoms with van der Waals surface area (Å²) in [5.41, 5.74) is 0. The molecule has 0 aromatic carbocycles. The maximum absolute atomic E-state index is 13.2. The zero-order chi connectivity index (χ0) is 58.9. The minimum absolute atomic E-state index is 0.0486. The smallest absolute Gasteiger partial charge is 0.335 e. The highest BCUT2D eigenvalue weighted by atomic mass is 16.7. The molecule has 81 heavy (non-hydrogen) atoms. The average Bonchev–Trinajstić information content (AvgIpc) is 3.46. The minimum atomic E-state index is -1.92. The average molecular weight is 1130 g/mol. The fraction of sp³-hybridized carbons (Fsp3) is 0.652. The number of unbranched alkanes of at least 4 members (excludes halogenated alkanes) is 18. The molecular formula is C69H110O12. The second kappa shape index (κ2) is 55.6. The number of allylic oxidation sites excluding steroid dienone is 20. The van der Waals surface area contributed by atoms with Crippen molar-refractivity contribution in [2.24, 2.45) is 0 Å². The molecule has 1 saturated heterocycles. The van der Waals surface area contributed by atoms with Crippen LogP contribution in [0.2, 0.25) is 0 Å². The molecule has 0 radical (unpaired) electrons. The Morgan fingerprint density at radius 2 is 0.802 bits per heavy atom. The summed E-state index contributed by atoms with van der Waals surface area (Å²) in [6.07, 6.45) is 64.6. The van der Waals surface area contributed by atoms with Crippen molar-refractivity contribution in [3.63, 3.8) is 0 Å². The van der Waals surface area contributed by atoms with E-state index in [1.54, 1.807) is 0 Å². The van der Waals surface area contributed by atoms with E-state index in [1.165, 1.54) is 51.4 Å². The van der Waals surface area contributed by atoms with E-state index in [9.17, 15) is 34.5 Å². The van der Waals surface area contributed by atoms with Crippen LogP contribution in [0.3, 0.4) is 0 Å². The third kappa shape index (κ3) is 45.3. The Morgan fingerprint density at radius 3 is 1.23 bits per heavy atom. The minimum Gasteiger partial charge on any atom is -0.479 e. The number of ether oxygens (including phenoxy) is 5. The number of carboxylic acid groups (broad SMARTS) is 1. The summed E-state index contributed by atoms with van der Waals surface area (Å²) in [5.74, 6) is -3.26. The van der Waals surface area contributed by atoms with Gasteiger partial charge in [0.25, 0.3) is 0 Å². The zero-order valence-electron chi connectivity index (χ0n) is 50.5. The van der Waals surface area contributed by atoms with Gasteiger partial charge in [-0.3, -0.25) is 14.4 Å². The van der Waals surface area contributed by atoms with Crippen molar-refractivity contribution in [2.45, 2.75) is 276 Å². The maximum atomic E-state index is 13.2. The highest BCUT2D eigenvalue weighted by Crippen LogP contribution is 2.26. The van der Waals surface area contributed by atoms with Crippen LogP contribution in [0.4, 0.5) is 0 Å². The third-order valence-electron chi connectivity index (χ3n) is 13.5. The fourth-order valence-electron chi connectivity index (χ4n) is 8.80. The number of hydrogen-bond acceptors (Lipinski definition) is 11. The molecule has 6 unspecified atom stereocenters. The van der Waals surface area contributed by atoms with Gasteiger partial charge in [-0.25, -0.2) is 4.79 Å². The van der Waals surface area contributed by atoms with E-state index in [2.05, 4.69) is 130 Å². The molecule has 0 bridgehead atoms. The summed E-state index contributed by atoms with van der Waals surface area (Å²) >= 11 is 0. The number of rotatable bonds is 52. The van der Waals surface area contributed by atoms with Gasteiger partial charge in [0.2, 0.25) is 0 Å². The largest absolute Gasteiger partial charge is 0.479 e. The van der Waals surface area contributed by atoms with Crippen LogP contribution in [0.1, 0.15) is 239 Å². The molecule has 1 heterocycles. The summed E-state index contributed by atoms with van der Waals surface area (Å²) in [6, 6.07) is 0. The van der Waals surface area contributed by atoms with Crippen molar-refractivity contribution < 1.29 is 58.2 Å². The Hall–Kier alpha value is -4.88. The predicted molar refractivity (Wildman–Crippen MR) is 330 cm³/mol. The van der Waals surface area contributed by atoms with Gasteiger partial charge in [-0.2, -0.15) is 0 Å². The normalized spacial score (nSPS) is 18.6. The predicted octanol–water partition coefficient (Wildman–Crippen LogP) is 16.8. The number of aliphatic carboxylic acids is 1. The number of aliphatic hydroxyl groups is 2. The SMILES string of the molecule is CC/C=C\C/C=C\C/C=C\C/C=C\C/C=C\C/C=C\CCC(=O)OCC(COC1OC(C(=O)O)C(O)C(O)C1OC(=O)CCCCCCCCCCCCCCC)OC(=O)CCCCCCCC/C=C\C/C=C\C/C=C\C/C=C\CC. The van der Waals surface area contributed by atoms with Gasteiger partial charge in [0.05, 0.1) is 6.61 Å². The van der Waals surface area contributed by atoms with Crippen LogP contribution in [-0.4, -0.2) is 89.2 Å². The van der Waals surface area contributed by atoms with E-state index >= 15 is 0 Å². The molecule has 6 atom stereocenters. The van der Waals surface area contributed by atoms with Gasteiger partial charge in [0.15, 0.2) is 24.6 Å². The van der Waals surface area contributed by atoms with Gasteiger partial charge < -0.3 is 39.0 Å². The monoisotopic (exact) mass is 1130 g/mol. The van der Waals surface area contributed by atoms with Crippen LogP contribution in [0.5, 0.6) is 0 Å². The molecule has 1 aliphatic heterocycles. The molecule has 1 aliphatic rings. The van der Waals surface area contributed by atoms with E-state index in [-0.39, 0.29) is 25.9 Å². The number of esters is 3. The Balaban J connectivity index is 2.74. The van der Waals surface area contributed by atoms with Crippen LogP contribution in [-0.2, 0) is 42.9 Å². The molecule has 0 aromatic heterocycles. The highest BCUT2D eigenvalue weighted by Gasteiger charge is 2.50. The number of hydrogen-bond donors (Lipinski definition) is 3. The molecule has 12 heteroatoms. The first-order valence-electron chi connectivity index (χ1n) is 31.5. The van der Waals surface area contributed by atoms with E-state index in [0.29, 0.717) is 19.3 Å². The maximum Gasteiger partial charge on any atom is 0.335 e. The van der Waals surface area contributed by atoms with Gasteiger partial charge in [0.1, 0.15) is 18.8 Å². The van der Waals surface area contributed by atoms with Gasteiger partial charge in [0, 0.05) is 19.3 Å². The molecule has 0 saturated carbocycles. The van der Waals surface area contributed by atoms with Crippen molar-refractivity contribution in [1.29, 1.82) is 0 Å². The molecule has 0 aromatic rings. The van der Waals surface area contributed by atoms with Gasteiger partial charge in [-0.05, 0) is 96.3 Å². The Labute approximate surface area is 490 Å². The van der Waals surface area contributed by atoms with Crippen molar-refractivity contribution >= 4 is 23.9 Å². The Bertz CT molecular complexity index is 1870. The summed E-state index contributed by atoms with van der Waals surface area (Å²) in [7, 11) is 0. The first-order chi connectivity index (χ1) is 39.6. The van der Waals surface area contributed by atoms with E-state index in [1.807, 2.05) is 12.2 Å². The van der Waals surface area contributed by atoms with Gasteiger partial charge in [-0.15, -0.1) is 0 Å². The third-order valence-corrected chi connectivity index (χ3v) is 13.5. The van der Waals surface area contributed by atoms with E-state index in [4.69, 9.17) is 23.7 Å². The molecule has 0 amide bonds. The lowest BCUT2D eigenvalue weighted by Gasteiger charge is -2.40. The lowest BCUT2D eigenvalue weighted by Crippen LogP contribution is -2.61. The van der Waals surface area contributed by atoms with Crippen LogP contribution >= 0.6 is 0 Å². The van der Waals surface area contributed by atoms with Crippen LogP contribution in [0, 0.1) is 0 Å². The molecular weight excluding hydrogens is 1020 g/mol. The summed E-state index contributed by atoms with van der Waals surface area (Å²) in [5, 5.41) is 31.5. The van der Waals surface area contributed by atoms with E-state index < -0.39 is 67.3 Å². The fourth-order valence-corrected chi connectivity index (χ4v) is 8.80. The molecule has 458 valence electrons. The number of carboxylic acids is 1. The van der Waals surface area contributed by atoms with Crippen LogP contribution in [0.15, 0.2) is 122 Å². The number of aliphatic hydroxyl groups excluding tert-OH is 2. The van der Waals surface area contributed by atoms with Crippen LogP contribution in [0.25, 0.3) is 0 Å². The lowest BCUT2D eigenvalue weighted by molar-refractivity contribution is -0.301. The molecule has 3 N–H and O–H groups in total. The Kier molecular flexibility index (Phi) is 50.9. The molecule has 1 fully saturated rings. The summed E-state index contributed by atoms with van der Waals surface area (Å²) in [4.78, 5) is 51.2. The quantitative estimate of drug-likeness (QED) is 0.0228. The van der Waals surface area contributed by atoms with Crippen molar-refractivity contribution in [3.8, 4) is 0 Å². The number of carbonyl (C=O) groups excluding carboxylic acids is 3. The second-order valence-electron chi connectivity index (χ2n) is 20.9. The lowest BCUT2D eigenvalue weighted by atomic mass is 9.98. The van der Waals surface area contributed by atoms with Crippen molar-refractivity contribution in [1.82, 2.24) is 0 Å². The van der Waals surface area contributed by atoms with Crippen molar-refractivity contribution in [3.05, 3.63) is 122 Å². The summed E-state index contributed by atoms with van der Waals surface area (Å²) in [6.45, 7) is 5.69. The first-order valence-corrected chi connectivity index (χ1v) is 31.5. The Morgan fingerprint density at radius 1 is 0.420 bits per heavy atom. The number of carbonyl (C=O) groups is 4. The highest BCUT2D eigenvalue weighted by molar-refractivity contribution is 5.74. The molecule has 0 spiro atoms. The first kappa shape index (κ1) is 74.1. The zero-order valence-corrected chi connectivity index (χ0v) is 50.5. The topological polar surface area (TPSA) is 175 Å². The summed E-state index contributed by atoms with van der Waals surface area (Å²) < 4.78 is 28.4. The van der Waals surface area contributed by atoms with Gasteiger partial charge in [-0.1, -0.05) is 245 Å². The van der Waals surface area contributed by atoms with Crippen molar-refractivity contribution in [2.75, 3.05) is 13.2 Å². The standard InChI is InChI=1S/C69H110O12/c1-4-7-10-13-16-19-22-25-27-29-31-33-35-38-40-43-46-49-52-55-61(70)77-58-60(79-62(71)56-53-50-47-44-42-39-36-34-32-30-28-26-23-20-17-14-11-8-5-2)59-78-69-67(65(74)64(73)66(81-69)68(75)76)80-63(72)57-54-51-48-45-41-37-24-21-18-15-12-9-6-3/h7-8,10-11,16-17,19-20,25-28,31-34,38,40,46,49,60,64-67,69,73-74H,4-6,9,12-15,18,21-24,29-30,35-37,39,41-45,47-48,50-59H2,1-3H3,(H,75,76)/b10-7-,11-8-,19-16-,20-17-,27-25-,28-26-,33-31-,34-32-,40-38-,49-46-. The molecule has 0 aliphatic carbocycles. The van der Waals surface area contributed by atoms with E-state index in [0.717, 1.165) is 128 Å². The van der Waals surface area contributed by atoms with Gasteiger partial charge >= 0.3 is 23.9 Å². The second-order valence-corrected chi connectivity index (χ2v) is 20.9.